The highest BCUT2D eigenvalue weighted by atomic mass is 16.5. The molecule has 17 heavy (non-hydrogen) atoms. The molecule has 0 bridgehead atoms. The van der Waals surface area contributed by atoms with E-state index in [4.69, 9.17) is 4.74 Å². The van der Waals surface area contributed by atoms with Gasteiger partial charge in [-0.15, -0.1) is 0 Å². The lowest BCUT2D eigenvalue weighted by Crippen LogP contribution is -2.27. The highest BCUT2D eigenvalue weighted by Gasteiger charge is 2.27. The molecule has 1 fully saturated rings. The van der Waals surface area contributed by atoms with E-state index >= 15 is 0 Å². The summed E-state index contributed by atoms with van der Waals surface area (Å²) in [5, 5.41) is 3.42. The van der Waals surface area contributed by atoms with Crippen LogP contribution >= 0.6 is 0 Å². The van der Waals surface area contributed by atoms with Gasteiger partial charge in [-0.05, 0) is 23.0 Å². The van der Waals surface area contributed by atoms with Gasteiger partial charge in [-0.1, -0.05) is 52.0 Å². The number of hydrogen-bond acceptors (Lipinski definition) is 2. The van der Waals surface area contributed by atoms with Crippen LogP contribution in [0.15, 0.2) is 24.3 Å². The molecule has 1 saturated heterocycles. The SMILES string of the molecule is CC(C)c1ccc(C2CNC(C(C)C)O2)cc1. The Hall–Kier alpha value is -0.860. The lowest BCUT2D eigenvalue weighted by atomic mass is 10.00. The van der Waals surface area contributed by atoms with E-state index in [2.05, 4.69) is 57.3 Å². The summed E-state index contributed by atoms with van der Waals surface area (Å²) >= 11 is 0. The molecule has 0 radical (unpaired) electrons. The third-order valence-electron chi connectivity index (χ3n) is 3.40. The summed E-state index contributed by atoms with van der Waals surface area (Å²) in [6.07, 6.45) is 0.411. The topological polar surface area (TPSA) is 21.3 Å². The van der Waals surface area contributed by atoms with Gasteiger partial charge in [0.15, 0.2) is 0 Å². The maximum atomic E-state index is 6.00. The van der Waals surface area contributed by atoms with Gasteiger partial charge >= 0.3 is 0 Å². The molecule has 1 aromatic rings. The van der Waals surface area contributed by atoms with Gasteiger partial charge in [-0.25, -0.2) is 0 Å². The first-order valence-corrected chi connectivity index (χ1v) is 6.56. The van der Waals surface area contributed by atoms with E-state index in [-0.39, 0.29) is 12.3 Å². The van der Waals surface area contributed by atoms with Crippen LogP contribution < -0.4 is 5.32 Å². The molecule has 1 N–H and O–H groups in total. The van der Waals surface area contributed by atoms with Crippen LogP contribution in [0.5, 0.6) is 0 Å². The van der Waals surface area contributed by atoms with Crippen LogP contribution in [0.25, 0.3) is 0 Å². The maximum absolute atomic E-state index is 6.00. The van der Waals surface area contributed by atoms with Gasteiger partial charge < -0.3 is 4.74 Å². The summed E-state index contributed by atoms with van der Waals surface area (Å²) in [7, 11) is 0. The number of benzene rings is 1. The molecular formula is C15H23NO. The first kappa shape index (κ1) is 12.6. The minimum absolute atomic E-state index is 0.199. The Bertz CT molecular complexity index is 356. The molecule has 94 valence electrons. The molecule has 1 aliphatic heterocycles. The molecular weight excluding hydrogens is 210 g/mol. The lowest BCUT2D eigenvalue weighted by Gasteiger charge is -2.16. The molecule has 2 rings (SSSR count). The molecule has 0 aliphatic carbocycles. The van der Waals surface area contributed by atoms with Gasteiger partial charge in [-0.2, -0.15) is 0 Å². The Morgan fingerprint density at radius 1 is 1.12 bits per heavy atom. The van der Waals surface area contributed by atoms with Crippen molar-refractivity contribution in [2.24, 2.45) is 5.92 Å². The second-order valence-corrected chi connectivity index (χ2v) is 5.52. The predicted octanol–water partition coefficient (Wildman–Crippen LogP) is 3.45. The van der Waals surface area contributed by atoms with Crippen molar-refractivity contribution in [2.45, 2.75) is 45.9 Å². The summed E-state index contributed by atoms with van der Waals surface area (Å²) in [4.78, 5) is 0. The van der Waals surface area contributed by atoms with Crippen LogP contribution in [0.1, 0.15) is 50.8 Å². The normalized spacial score (nSPS) is 24.8. The van der Waals surface area contributed by atoms with Crippen LogP contribution in [0, 0.1) is 5.92 Å². The average Bonchev–Trinajstić information content (AvgIpc) is 2.78. The van der Waals surface area contributed by atoms with E-state index in [0.717, 1.165) is 6.54 Å². The van der Waals surface area contributed by atoms with Gasteiger partial charge in [0.05, 0.1) is 6.10 Å². The molecule has 0 amide bonds. The molecule has 2 unspecified atom stereocenters. The van der Waals surface area contributed by atoms with Gasteiger partial charge in [0.25, 0.3) is 0 Å². The quantitative estimate of drug-likeness (QED) is 0.863. The highest BCUT2D eigenvalue weighted by Crippen LogP contribution is 2.26. The molecule has 0 saturated carbocycles. The number of nitrogens with one attached hydrogen (secondary N) is 1. The predicted molar refractivity (Wildman–Crippen MR) is 71.0 cm³/mol. The second kappa shape index (κ2) is 5.19. The minimum Gasteiger partial charge on any atom is -0.354 e. The summed E-state index contributed by atoms with van der Waals surface area (Å²) in [5.74, 6) is 1.12. The van der Waals surface area contributed by atoms with Crippen molar-refractivity contribution >= 4 is 0 Å². The fraction of sp³-hybridized carbons (Fsp3) is 0.600. The Balaban J connectivity index is 2.04. The molecule has 2 nitrogen and oxygen atoms in total. The third kappa shape index (κ3) is 2.88. The van der Waals surface area contributed by atoms with E-state index < -0.39 is 0 Å². The fourth-order valence-electron chi connectivity index (χ4n) is 2.18. The zero-order chi connectivity index (χ0) is 12.4. The van der Waals surface area contributed by atoms with Crippen molar-refractivity contribution in [1.29, 1.82) is 0 Å². The van der Waals surface area contributed by atoms with E-state index in [1.54, 1.807) is 0 Å². The zero-order valence-corrected chi connectivity index (χ0v) is 11.2. The zero-order valence-electron chi connectivity index (χ0n) is 11.2. The summed E-state index contributed by atoms with van der Waals surface area (Å²) in [6, 6.07) is 8.83. The summed E-state index contributed by atoms with van der Waals surface area (Å²) < 4.78 is 6.00. The van der Waals surface area contributed by atoms with Gasteiger partial charge in [0.2, 0.25) is 0 Å². The molecule has 2 heteroatoms. The highest BCUT2D eigenvalue weighted by molar-refractivity contribution is 5.26. The summed E-state index contributed by atoms with van der Waals surface area (Å²) in [6.45, 7) is 9.72. The van der Waals surface area contributed by atoms with Crippen molar-refractivity contribution in [3.8, 4) is 0 Å². The van der Waals surface area contributed by atoms with Crippen molar-refractivity contribution in [2.75, 3.05) is 6.54 Å². The molecule has 1 heterocycles. The Morgan fingerprint density at radius 3 is 2.24 bits per heavy atom. The monoisotopic (exact) mass is 233 g/mol. The lowest BCUT2D eigenvalue weighted by molar-refractivity contribution is 0.0136. The van der Waals surface area contributed by atoms with Crippen molar-refractivity contribution in [1.82, 2.24) is 5.32 Å². The first-order valence-electron chi connectivity index (χ1n) is 6.56. The van der Waals surface area contributed by atoms with Crippen molar-refractivity contribution in [3.05, 3.63) is 35.4 Å². The molecule has 0 aromatic heterocycles. The van der Waals surface area contributed by atoms with E-state index in [9.17, 15) is 0 Å². The Morgan fingerprint density at radius 2 is 1.76 bits per heavy atom. The fourth-order valence-corrected chi connectivity index (χ4v) is 2.18. The Labute approximate surface area is 104 Å². The van der Waals surface area contributed by atoms with Crippen molar-refractivity contribution in [3.63, 3.8) is 0 Å². The van der Waals surface area contributed by atoms with Gasteiger partial charge in [0, 0.05) is 6.54 Å². The van der Waals surface area contributed by atoms with Crippen LogP contribution in [0.3, 0.4) is 0 Å². The van der Waals surface area contributed by atoms with Crippen LogP contribution in [-0.2, 0) is 4.74 Å². The van der Waals surface area contributed by atoms with Crippen LogP contribution in [0.2, 0.25) is 0 Å². The third-order valence-corrected chi connectivity index (χ3v) is 3.40. The van der Waals surface area contributed by atoms with Gasteiger partial charge in [-0.3, -0.25) is 5.32 Å². The van der Waals surface area contributed by atoms with Crippen molar-refractivity contribution < 1.29 is 4.74 Å². The smallest absolute Gasteiger partial charge is 0.111 e. The molecule has 0 spiro atoms. The number of hydrogen-bond donors (Lipinski definition) is 1. The summed E-state index contributed by atoms with van der Waals surface area (Å²) in [5.41, 5.74) is 2.67. The first-order chi connectivity index (χ1) is 8.08. The largest absolute Gasteiger partial charge is 0.354 e. The molecule has 1 aliphatic rings. The van der Waals surface area contributed by atoms with E-state index in [1.807, 2.05) is 0 Å². The van der Waals surface area contributed by atoms with Gasteiger partial charge in [0.1, 0.15) is 6.23 Å². The van der Waals surface area contributed by atoms with Crippen LogP contribution in [-0.4, -0.2) is 12.8 Å². The standard InChI is InChI=1S/C15H23NO/c1-10(2)12-5-7-13(8-6-12)14-9-16-15(17-14)11(3)4/h5-8,10-11,14-16H,9H2,1-4H3. The van der Waals surface area contributed by atoms with Crippen LogP contribution in [0.4, 0.5) is 0 Å². The van der Waals surface area contributed by atoms with E-state index in [1.165, 1.54) is 11.1 Å². The molecule has 2 atom stereocenters. The number of rotatable bonds is 3. The second-order valence-electron chi connectivity index (χ2n) is 5.52. The van der Waals surface area contributed by atoms with E-state index in [0.29, 0.717) is 11.8 Å². The maximum Gasteiger partial charge on any atom is 0.111 e. The Kier molecular flexibility index (Phi) is 3.85. The molecule has 1 aromatic carbocycles. The average molecular weight is 233 g/mol. The number of ether oxygens (including phenoxy) is 1. The minimum atomic E-state index is 0.199.